The predicted molar refractivity (Wildman–Crippen MR) is 70.9 cm³/mol. The van der Waals surface area contributed by atoms with Crippen LogP contribution in [0.1, 0.15) is 18.9 Å². The Hall–Kier alpha value is -1.95. The minimum atomic E-state index is -0.145. The van der Waals surface area contributed by atoms with E-state index in [4.69, 9.17) is 6.42 Å². The third-order valence-corrected chi connectivity index (χ3v) is 2.37. The number of nitrogens with zero attached hydrogens (tertiary/aromatic N) is 1. The van der Waals surface area contributed by atoms with Crippen LogP contribution in [0.25, 0.3) is 0 Å². The molecule has 0 heterocycles. The predicted octanol–water partition coefficient (Wildman–Crippen LogP) is 2.87. The second kappa shape index (κ2) is 6.59. The second-order valence-corrected chi connectivity index (χ2v) is 3.92. The van der Waals surface area contributed by atoms with E-state index in [1.165, 1.54) is 0 Å². The van der Waals surface area contributed by atoms with Crippen LogP contribution in [-0.4, -0.2) is 24.0 Å². The van der Waals surface area contributed by atoms with Crippen molar-refractivity contribution in [3.63, 3.8) is 0 Å². The second-order valence-electron chi connectivity index (χ2n) is 3.92. The molecule has 0 aliphatic rings. The highest BCUT2D eigenvalue weighted by molar-refractivity contribution is 5.89. The van der Waals surface area contributed by atoms with E-state index in [9.17, 15) is 4.79 Å². The molecule has 0 aliphatic heterocycles. The molecular weight excluding hydrogens is 212 g/mol. The number of nitrogens with one attached hydrogen (secondary N) is 1. The number of terminal acetylenes is 1. The lowest BCUT2D eigenvalue weighted by Gasteiger charge is -2.20. The molecule has 0 fully saturated rings. The average molecular weight is 230 g/mol. The number of carbonyl (C=O) groups is 1. The van der Waals surface area contributed by atoms with Gasteiger partial charge in [0.25, 0.3) is 0 Å². The Morgan fingerprint density at radius 3 is 2.59 bits per heavy atom. The summed E-state index contributed by atoms with van der Waals surface area (Å²) < 4.78 is 0. The number of benzene rings is 1. The van der Waals surface area contributed by atoms with Gasteiger partial charge in [0.15, 0.2) is 0 Å². The zero-order chi connectivity index (χ0) is 12.7. The Kier molecular flexibility index (Phi) is 5.09. The molecule has 3 heteroatoms. The van der Waals surface area contributed by atoms with Crippen molar-refractivity contribution in [2.45, 2.75) is 20.3 Å². The van der Waals surface area contributed by atoms with Crippen LogP contribution in [0.4, 0.5) is 10.5 Å². The Bertz CT molecular complexity index is 403. The van der Waals surface area contributed by atoms with Gasteiger partial charge in [-0.25, -0.2) is 4.79 Å². The molecule has 0 aromatic heterocycles. The van der Waals surface area contributed by atoms with Gasteiger partial charge in [0, 0.05) is 12.2 Å². The van der Waals surface area contributed by atoms with Crippen LogP contribution in [-0.2, 0) is 0 Å². The number of aryl methyl sites for hydroxylation is 1. The number of anilines is 1. The number of carbonyl (C=O) groups excluding carboxylic acids is 1. The van der Waals surface area contributed by atoms with E-state index in [0.717, 1.165) is 17.7 Å². The summed E-state index contributed by atoms with van der Waals surface area (Å²) in [5.74, 6) is 2.49. The van der Waals surface area contributed by atoms with Gasteiger partial charge >= 0.3 is 6.03 Å². The Labute approximate surface area is 103 Å². The van der Waals surface area contributed by atoms with Crippen molar-refractivity contribution in [3.8, 4) is 12.3 Å². The van der Waals surface area contributed by atoms with Crippen LogP contribution < -0.4 is 5.32 Å². The van der Waals surface area contributed by atoms with Gasteiger partial charge in [0.1, 0.15) is 0 Å². The molecular formula is C14H18N2O. The summed E-state index contributed by atoms with van der Waals surface area (Å²) in [6, 6.07) is 7.54. The quantitative estimate of drug-likeness (QED) is 0.792. The molecule has 0 saturated carbocycles. The largest absolute Gasteiger partial charge is 0.322 e. The summed E-state index contributed by atoms with van der Waals surface area (Å²) in [6.07, 6.45) is 6.13. The molecule has 3 nitrogen and oxygen atoms in total. The molecule has 1 N–H and O–H groups in total. The summed E-state index contributed by atoms with van der Waals surface area (Å²) >= 11 is 0. The normalized spacial score (nSPS) is 9.47. The summed E-state index contributed by atoms with van der Waals surface area (Å²) in [5, 5.41) is 2.83. The lowest BCUT2D eigenvalue weighted by molar-refractivity contribution is 0.218. The van der Waals surface area contributed by atoms with Crippen molar-refractivity contribution in [1.82, 2.24) is 4.90 Å². The summed E-state index contributed by atoms with van der Waals surface area (Å²) in [5.41, 5.74) is 1.95. The number of urea groups is 1. The van der Waals surface area contributed by atoms with E-state index in [1.54, 1.807) is 4.90 Å². The van der Waals surface area contributed by atoms with Crippen molar-refractivity contribution in [1.29, 1.82) is 0 Å². The van der Waals surface area contributed by atoms with Crippen molar-refractivity contribution in [2.24, 2.45) is 0 Å². The van der Waals surface area contributed by atoms with Crippen LogP contribution in [0.3, 0.4) is 0 Å². The summed E-state index contributed by atoms with van der Waals surface area (Å²) in [6.45, 7) is 5.03. The van der Waals surface area contributed by atoms with E-state index in [2.05, 4.69) is 11.2 Å². The molecule has 1 aromatic carbocycles. The van der Waals surface area contributed by atoms with Crippen molar-refractivity contribution < 1.29 is 4.79 Å². The molecule has 0 atom stereocenters. The van der Waals surface area contributed by atoms with Crippen molar-refractivity contribution in [3.05, 3.63) is 29.8 Å². The van der Waals surface area contributed by atoms with Crippen LogP contribution in [0.15, 0.2) is 24.3 Å². The smallest absolute Gasteiger partial charge is 0.313 e. The average Bonchev–Trinajstić information content (AvgIpc) is 2.32. The maximum absolute atomic E-state index is 11.9. The first kappa shape index (κ1) is 13.1. The molecule has 0 radical (unpaired) electrons. The third-order valence-electron chi connectivity index (χ3n) is 2.37. The maximum atomic E-state index is 11.9. The SMILES string of the molecule is C#CCN(CCC)C(=O)Nc1ccc(C)cc1. The first-order valence-electron chi connectivity index (χ1n) is 5.73. The zero-order valence-electron chi connectivity index (χ0n) is 10.4. The van der Waals surface area contributed by atoms with Crippen molar-refractivity contribution in [2.75, 3.05) is 18.4 Å². The zero-order valence-corrected chi connectivity index (χ0v) is 10.4. The minimum absolute atomic E-state index is 0.145. The van der Waals surface area contributed by atoms with Gasteiger partial charge in [-0.3, -0.25) is 0 Å². The monoisotopic (exact) mass is 230 g/mol. The molecule has 1 rings (SSSR count). The highest BCUT2D eigenvalue weighted by Crippen LogP contribution is 2.09. The Morgan fingerprint density at radius 1 is 1.41 bits per heavy atom. The fourth-order valence-electron chi connectivity index (χ4n) is 1.47. The fraction of sp³-hybridized carbons (Fsp3) is 0.357. The third kappa shape index (κ3) is 4.20. The molecule has 0 aliphatic carbocycles. The topological polar surface area (TPSA) is 32.3 Å². The standard InChI is InChI=1S/C14H18N2O/c1-4-10-16(11-5-2)14(17)15-13-8-6-12(3)7-9-13/h1,6-9H,5,10-11H2,2-3H3,(H,15,17). The van der Waals surface area contributed by atoms with E-state index < -0.39 is 0 Å². The maximum Gasteiger partial charge on any atom is 0.322 e. The first-order valence-corrected chi connectivity index (χ1v) is 5.73. The molecule has 17 heavy (non-hydrogen) atoms. The molecule has 0 bridgehead atoms. The number of hydrogen-bond acceptors (Lipinski definition) is 1. The summed E-state index contributed by atoms with van der Waals surface area (Å²) in [4.78, 5) is 13.5. The lowest BCUT2D eigenvalue weighted by Crippen LogP contribution is -2.35. The Morgan fingerprint density at radius 2 is 2.06 bits per heavy atom. The highest BCUT2D eigenvalue weighted by atomic mass is 16.2. The van der Waals surface area contributed by atoms with Crippen molar-refractivity contribution >= 4 is 11.7 Å². The van der Waals surface area contributed by atoms with Gasteiger partial charge < -0.3 is 10.2 Å². The minimum Gasteiger partial charge on any atom is -0.313 e. The number of amides is 2. The lowest BCUT2D eigenvalue weighted by atomic mass is 10.2. The van der Waals surface area contributed by atoms with Crippen LogP contribution in [0.2, 0.25) is 0 Å². The first-order chi connectivity index (χ1) is 8.17. The number of rotatable bonds is 4. The van der Waals surface area contributed by atoms with Crippen LogP contribution in [0.5, 0.6) is 0 Å². The van der Waals surface area contributed by atoms with Crippen LogP contribution in [0, 0.1) is 19.3 Å². The van der Waals surface area contributed by atoms with E-state index in [1.807, 2.05) is 38.1 Å². The molecule has 0 spiro atoms. The van der Waals surface area contributed by atoms with E-state index in [0.29, 0.717) is 13.1 Å². The molecule has 2 amide bonds. The fourth-order valence-corrected chi connectivity index (χ4v) is 1.47. The van der Waals surface area contributed by atoms with Gasteiger partial charge in [0.05, 0.1) is 6.54 Å². The Balaban J connectivity index is 2.63. The molecule has 0 unspecified atom stereocenters. The van der Waals surface area contributed by atoms with Gasteiger partial charge in [-0.15, -0.1) is 6.42 Å². The van der Waals surface area contributed by atoms with E-state index in [-0.39, 0.29) is 6.03 Å². The van der Waals surface area contributed by atoms with Gasteiger partial charge in [0.2, 0.25) is 0 Å². The molecule has 1 aromatic rings. The molecule has 0 saturated heterocycles. The van der Waals surface area contributed by atoms with Crippen LogP contribution >= 0.6 is 0 Å². The molecule has 90 valence electrons. The highest BCUT2D eigenvalue weighted by Gasteiger charge is 2.10. The van der Waals surface area contributed by atoms with E-state index >= 15 is 0 Å². The van der Waals surface area contributed by atoms with Gasteiger partial charge in [-0.05, 0) is 25.5 Å². The summed E-state index contributed by atoms with van der Waals surface area (Å²) in [7, 11) is 0. The number of hydrogen-bond donors (Lipinski definition) is 1. The van der Waals surface area contributed by atoms with Gasteiger partial charge in [-0.1, -0.05) is 30.5 Å². The van der Waals surface area contributed by atoms with Gasteiger partial charge in [-0.2, -0.15) is 0 Å².